The second-order valence-corrected chi connectivity index (χ2v) is 9.77. The highest BCUT2D eigenvalue weighted by atomic mass is 32.1. The van der Waals surface area contributed by atoms with Crippen molar-refractivity contribution >= 4 is 27.3 Å². The number of ether oxygens (including phenoxy) is 2. The molecule has 1 saturated carbocycles. The van der Waals surface area contributed by atoms with E-state index in [1.807, 2.05) is 43.3 Å². The normalized spacial score (nSPS) is 14.1. The van der Waals surface area contributed by atoms with Crippen molar-refractivity contribution in [1.82, 2.24) is 5.32 Å². The van der Waals surface area contributed by atoms with Crippen molar-refractivity contribution in [3.63, 3.8) is 0 Å². The summed E-state index contributed by atoms with van der Waals surface area (Å²) in [5, 5.41) is 4.14. The van der Waals surface area contributed by atoms with Crippen LogP contribution in [0, 0.1) is 5.92 Å². The Hall–Kier alpha value is -3.31. The smallest absolute Gasteiger partial charge is 0.217 e. The van der Waals surface area contributed by atoms with Gasteiger partial charge in [-0.2, -0.15) is 0 Å². The van der Waals surface area contributed by atoms with Crippen molar-refractivity contribution in [2.75, 3.05) is 6.61 Å². The number of carbonyl (C=O) groups excluding carboxylic acids is 1. The molecule has 1 unspecified atom stereocenters. The maximum Gasteiger partial charge on any atom is 0.217 e. The van der Waals surface area contributed by atoms with Gasteiger partial charge >= 0.3 is 0 Å². The van der Waals surface area contributed by atoms with E-state index in [9.17, 15) is 4.79 Å². The van der Waals surface area contributed by atoms with Crippen LogP contribution in [-0.2, 0) is 4.79 Å². The Bertz CT molecular complexity index is 1270. The molecule has 0 saturated heterocycles. The lowest BCUT2D eigenvalue weighted by Gasteiger charge is -2.12. The minimum atomic E-state index is -0.0200. The van der Waals surface area contributed by atoms with Gasteiger partial charge in [-0.1, -0.05) is 12.1 Å². The van der Waals surface area contributed by atoms with E-state index >= 15 is 0 Å². The van der Waals surface area contributed by atoms with Gasteiger partial charge in [-0.05, 0) is 96.8 Å². The first-order chi connectivity index (χ1) is 16.0. The number of thiophene rings is 1. The average molecular weight is 458 g/mol. The van der Waals surface area contributed by atoms with E-state index in [-0.39, 0.29) is 11.9 Å². The Labute approximate surface area is 198 Å². The highest BCUT2D eigenvalue weighted by Crippen LogP contribution is 2.36. The number of hydrogen-bond acceptors (Lipinski definition) is 4. The topological polar surface area (TPSA) is 47.6 Å². The summed E-state index contributed by atoms with van der Waals surface area (Å²) in [4.78, 5) is 12.6. The molecule has 5 heteroatoms. The summed E-state index contributed by atoms with van der Waals surface area (Å²) in [5.41, 5.74) is 2.26. The lowest BCUT2D eigenvalue weighted by molar-refractivity contribution is -0.119. The Morgan fingerprint density at radius 3 is 2.55 bits per heavy atom. The molecule has 4 aromatic rings. The maximum atomic E-state index is 11.4. The van der Waals surface area contributed by atoms with Gasteiger partial charge in [-0.15, -0.1) is 11.3 Å². The molecule has 1 aromatic heterocycles. The fourth-order valence-electron chi connectivity index (χ4n) is 3.81. The summed E-state index contributed by atoms with van der Waals surface area (Å²) in [5.74, 6) is 3.13. The Morgan fingerprint density at radius 2 is 1.79 bits per heavy atom. The Balaban J connectivity index is 1.29. The van der Waals surface area contributed by atoms with Crippen LogP contribution in [0.5, 0.6) is 17.2 Å². The van der Waals surface area contributed by atoms with Crippen LogP contribution in [0.15, 0.2) is 72.8 Å². The van der Waals surface area contributed by atoms with Crippen LogP contribution in [0.2, 0.25) is 0 Å². The van der Waals surface area contributed by atoms with Crippen LogP contribution < -0.4 is 14.8 Å². The molecule has 1 aliphatic carbocycles. The molecule has 0 radical (unpaired) electrons. The number of amides is 1. The number of nitrogens with one attached hydrogen (secondary N) is 1. The fraction of sp³-hybridized carbons (Fsp3) is 0.250. The van der Waals surface area contributed by atoms with E-state index in [4.69, 9.17) is 9.47 Å². The lowest BCUT2D eigenvalue weighted by Crippen LogP contribution is -2.23. The first-order valence-corrected chi connectivity index (χ1v) is 12.2. The monoisotopic (exact) mass is 457 g/mol. The number of fused-ring (bicyclic) bond motifs is 1. The molecule has 1 aliphatic rings. The molecule has 4 nitrogen and oxygen atoms in total. The summed E-state index contributed by atoms with van der Waals surface area (Å²) in [6.07, 6.45) is 2.55. The fourth-order valence-corrected chi connectivity index (χ4v) is 4.86. The third-order valence-corrected chi connectivity index (χ3v) is 6.99. The van der Waals surface area contributed by atoms with Crippen LogP contribution in [0.3, 0.4) is 0 Å². The van der Waals surface area contributed by atoms with E-state index < -0.39 is 0 Å². The molecule has 1 amide bonds. The first-order valence-electron chi connectivity index (χ1n) is 11.4. The van der Waals surface area contributed by atoms with E-state index in [2.05, 4.69) is 41.7 Å². The van der Waals surface area contributed by atoms with Gasteiger partial charge in [0.2, 0.25) is 5.91 Å². The molecule has 0 bridgehead atoms. The molecule has 1 atom stereocenters. The second kappa shape index (κ2) is 9.28. The molecule has 1 N–H and O–H groups in total. The van der Waals surface area contributed by atoms with Gasteiger partial charge in [0.1, 0.15) is 17.2 Å². The van der Waals surface area contributed by atoms with Crippen molar-refractivity contribution in [2.24, 2.45) is 5.92 Å². The van der Waals surface area contributed by atoms with Gasteiger partial charge in [-0.25, -0.2) is 0 Å². The quantitative estimate of drug-likeness (QED) is 0.301. The van der Waals surface area contributed by atoms with Crippen molar-refractivity contribution in [3.8, 4) is 27.7 Å². The van der Waals surface area contributed by atoms with Crippen LogP contribution in [0.1, 0.15) is 38.3 Å². The zero-order valence-electron chi connectivity index (χ0n) is 18.8. The summed E-state index contributed by atoms with van der Waals surface area (Å²) in [6.45, 7) is 4.34. The molecule has 0 aliphatic heterocycles. The Morgan fingerprint density at radius 1 is 1.00 bits per heavy atom. The maximum absolute atomic E-state index is 11.4. The van der Waals surface area contributed by atoms with E-state index in [1.54, 1.807) is 18.3 Å². The van der Waals surface area contributed by atoms with Gasteiger partial charge in [0.15, 0.2) is 0 Å². The molecule has 168 valence electrons. The van der Waals surface area contributed by atoms with Crippen LogP contribution in [-0.4, -0.2) is 12.5 Å². The van der Waals surface area contributed by atoms with Crippen LogP contribution >= 0.6 is 11.3 Å². The average Bonchev–Trinajstić information content (AvgIpc) is 3.54. The third kappa shape index (κ3) is 5.37. The van der Waals surface area contributed by atoms with Crippen molar-refractivity contribution < 1.29 is 14.3 Å². The van der Waals surface area contributed by atoms with E-state index in [0.717, 1.165) is 40.9 Å². The van der Waals surface area contributed by atoms with Gasteiger partial charge < -0.3 is 14.8 Å². The molecule has 0 spiro atoms. The lowest BCUT2D eigenvalue weighted by atomic mass is 10.1. The van der Waals surface area contributed by atoms with Crippen LogP contribution in [0.4, 0.5) is 0 Å². The van der Waals surface area contributed by atoms with Gasteiger partial charge in [0.05, 0.1) is 12.6 Å². The van der Waals surface area contributed by atoms with Crippen molar-refractivity contribution in [2.45, 2.75) is 32.7 Å². The zero-order chi connectivity index (χ0) is 22.8. The van der Waals surface area contributed by atoms with Gasteiger partial charge in [-0.3, -0.25) is 4.79 Å². The van der Waals surface area contributed by atoms with Gasteiger partial charge in [0.25, 0.3) is 0 Å². The second-order valence-electron chi connectivity index (χ2n) is 8.69. The molecule has 1 heterocycles. The number of hydrogen-bond donors (Lipinski definition) is 1. The van der Waals surface area contributed by atoms with E-state index in [1.165, 1.54) is 27.8 Å². The summed E-state index contributed by atoms with van der Waals surface area (Å²) in [7, 11) is 0. The minimum absolute atomic E-state index is 0.00992. The van der Waals surface area contributed by atoms with Gasteiger partial charge in [0, 0.05) is 22.6 Å². The SMILES string of the molecule is CC(=O)NC(C)c1ccc2sc(-c3ccc(Oc4cccc(OCC5CC5)c4)cc3)cc2c1. The number of rotatable bonds is 8. The molecular weight excluding hydrogens is 430 g/mol. The molecular formula is C28H27NO3S. The van der Waals surface area contributed by atoms with Crippen LogP contribution in [0.25, 0.3) is 20.5 Å². The summed E-state index contributed by atoms with van der Waals surface area (Å²) in [6, 6.07) is 24.6. The highest BCUT2D eigenvalue weighted by molar-refractivity contribution is 7.22. The number of benzene rings is 3. The highest BCUT2D eigenvalue weighted by Gasteiger charge is 2.21. The minimum Gasteiger partial charge on any atom is -0.493 e. The standard InChI is InChI=1S/C28H27NO3S/c1-18(29-19(2)30)22-10-13-27-23(14-22)15-28(33-27)21-8-11-24(12-9-21)32-26-5-3-4-25(16-26)31-17-20-6-7-20/h3-5,8-16,18,20H,6-7,17H2,1-2H3,(H,29,30). The molecule has 5 rings (SSSR count). The Kier molecular flexibility index (Phi) is 6.05. The molecule has 1 fully saturated rings. The molecule has 3 aromatic carbocycles. The van der Waals surface area contributed by atoms with Crippen molar-refractivity contribution in [3.05, 3.63) is 78.4 Å². The predicted molar refractivity (Wildman–Crippen MR) is 134 cm³/mol. The largest absolute Gasteiger partial charge is 0.493 e. The predicted octanol–water partition coefficient (Wildman–Crippen LogP) is 7.35. The van der Waals surface area contributed by atoms with Crippen molar-refractivity contribution in [1.29, 1.82) is 0 Å². The summed E-state index contributed by atoms with van der Waals surface area (Å²) < 4.78 is 13.1. The summed E-state index contributed by atoms with van der Waals surface area (Å²) >= 11 is 1.76. The zero-order valence-corrected chi connectivity index (χ0v) is 19.7. The van der Waals surface area contributed by atoms with E-state index in [0.29, 0.717) is 0 Å². The first kappa shape index (κ1) is 21.5. The molecule has 33 heavy (non-hydrogen) atoms. The number of carbonyl (C=O) groups is 1. The third-order valence-electron chi connectivity index (χ3n) is 5.82.